The van der Waals surface area contributed by atoms with Crippen LogP contribution in [0.15, 0.2) is 24.4 Å². The first kappa shape index (κ1) is 17.8. The van der Waals surface area contributed by atoms with Crippen LogP contribution >= 0.6 is 12.2 Å². The van der Waals surface area contributed by atoms with Gasteiger partial charge in [0.15, 0.2) is 0 Å². The zero-order valence-corrected chi connectivity index (χ0v) is 14.2. The van der Waals surface area contributed by atoms with Crippen LogP contribution in [0.3, 0.4) is 0 Å². The van der Waals surface area contributed by atoms with E-state index in [2.05, 4.69) is 23.3 Å². The Morgan fingerprint density at radius 3 is 2.96 bits per heavy atom. The van der Waals surface area contributed by atoms with Gasteiger partial charge in [-0.25, -0.2) is 0 Å². The van der Waals surface area contributed by atoms with E-state index in [1.165, 1.54) is 12.1 Å². The van der Waals surface area contributed by atoms with E-state index in [1.54, 1.807) is 12.3 Å². The maximum atomic E-state index is 11.1. The van der Waals surface area contributed by atoms with E-state index in [0.717, 1.165) is 30.4 Å². The molecule has 0 fully saturated rings. The Kier molecular flexibility index (Phi) is 6.15. The Bertz CT molecular complexity index is 814. The lowest BCUT2D eigenvalue weighted by Crippen LogP contribution is -2.25. The molecule has 1 heterocycles. The molecule has 0 aliphatic carbocycles. The van der Waals surface area contributed by atoms with Crippen LogP contribution in [-0.2, 0) is 6.42 Å². The largest absolute Gasteiger partial charge is 0.375 e. The van der Waals surface area contributed by atoms with E-state index >= 15 is 0 Å². The molecule has 2 rings (SSSR count). The molecule has 0 radical (unpaired) electrons. The van der Waals surface area contributed by atoms with E-state index in [4.69, 9.17) is 17.5 Å². The number of benzene rings is 1. The van der Waals surface area contributed by atoms with Crippen LogP contribution < -0.4 is 5.32 Å². The van der Waals surface area contributed by atoms with E-state index in [-0.39, 0.29) is 5.69 Å². The maximum absolute atomic E-state index is 11.1. The molecule has 0 spiro atoms. The molecule has 0 atom stereocenters. The smallest absolute Gasteiger partial charge is 0.270 e. The van der Waals surface area contributed by atoms with Gasteiger partial charge >= 0.3 is 0 Å². The molecule has 6 nitrogen and oxygen atoms in total. The summed E-state index contributed by atoms with van der Waals surface area (Å²) in [6.07, 6.45) is 4.94. The number of hydrogen-bond acceptors (Lipinski definition) is 5. The molecule has 124 valence electrons. The lowest BCUT2D eigenvalue weighted by molar-refractivity contribution is -0.384. The van der Waals surface area contributed by atoms with Crippen LogP contribution in [0, 0.1) is 21.4 Å². The number of pyridine rings is 1. The predicted octanol–water partition coefficient (Wildman–Crippen LogP) is 3.66. The molecular weight excluding hydrogens is 324 g/mol. The second kappa shape index (κ2) is 8.31. The Morgan fingerprint density at radius 2 is 2.29 bits per heavy atom. The average molecular weight is 342 g/mol. The van der Waals surface area contributed by atoms with Crippen molar-refractivity contribution in [1.29, 1.82) is 5.26 Å². The minimum Gasteiger partial charge on any atom is -0.375 e. The summed E-state index contributed by atoms with van der Waals surface area (Å²) in [4.78, 5) is 15.6. The Balaban J connectivity index is 2.54. The van der Waals surface area contributed by atoms with Crippen molar-refractivity contribution in [2.75, 3.05) is 6.54 Å². The SMILES string of the molecule is CCCCc1cnc2ccc([N+](=O)[O-])cc2c1C(=S)NCCC#N. The third-order valence-corrected chi connectivity index (χ3v) is 4.04. The van der Waals surface area contributed by atoms with E-state index in [9.17, 15) is 10.1 Å². The summed E-state index contributed by atoms with van der Waals surface area (Å²) >= 11 is 5.49. The zero-order valence-electron chi connectivity index (χ0n) is 13.4. The second-order valence-corrected chi connectivity index (χ2v) is 5.79. The van der Waals surface area contributed by atoms with Gasteiger partial charge in [-0.2, -0.15) is 5.26 Å². The van der Waals surface area contributed by atoms with Crippen molar-refractivity contribution < 1.29 is 4.92 Å². The molecule has 2 aromatic rings. The highest BCUT2D eigenvalue weighted by Gasteiger charge is 2.16. The molecule has 0 aliphatic rings. The van der Waals surface area contributed by atoms with E-state index in [1.807, 2.05) is 0 Å². The van der Waals surface area contributed by atoms with Crippen molar-refractivity contribution in [3.8, 4) is 6.07 Å². The summed E-state index contributed by atoms with van der Waals surface area (Å²) in [6.45, 7) is 2.55. The number of non-ortho nitro benzene ring substituents is 1. The number of rotatable bonds is 7. The van der Waals surface area contributed by atoms with E-state index in [0.29, 0.717) is 28.9 Å². The highest BCUT2D eigenvalue weighted by Crippen LogP contribution is 2.26. The van der Waals surface area contributed by atoms with Crippen LogP contribution in [0.5, 0.6) is 0 Å². The van der Waals surface area contributed by atoms with Crippen LogP contribution in [0.1, 0.15) is 37.3 Å². The molecule has 0 saturated heterocycles. The molecule has 1 aromatic carbocycles. The summed E-state index contributed by atoms with van der Waals surface area (Å²) in [6, 6.07) is 6.66. The fraction of sp³-hybridized carbons (Fsp3) is 0.353. The first-order chi connectivity index (χ1) is 11.6. The van der Waals surface area contributed by atoms with Crippen LogP contribution in [0.25, 0.3) is 10.9 Å². The zero-order chi connectivity index (χ0) is 17.5. The van der Waals surface area contributed by atoms with Crippen molar-refractivity contribution >= 4 is 33.8 Å². The highest BCUT2D eigenvalue weighted by molar-refractivity contribution is 7.80. The number of nitrogens with zero attached hydrogens (tertiary/aromatic N) is 3. The van der Waals surface area contributed by atoms with Crippen molar-refractivity contribution in [3.05, 3.63) is 45.6 Å². The topological polar surface area (TPSA) is 91.8 Å². The molecular formula is C17H18N4O2S. The summed E-state index contributed by atoms with van der Waals surface area (Å²) < 4.78 is 0. The number of aryl methyl sites for hydroxylation is 1. The minimum absolute atomic E-state index is 0.0121. The van der Waals surface area contributed by atoms with Gasteiger partial charge in [0.05, 0.1) is 22.9 Å². The summed E-state index contributed by atoms with van der Waals surface area (Å²) in [5.41, 5.74) is 2.43. The fourth-order valence-electron chi connectivity index (χ4n) is 2.48. The van der Waals surface area contributed by atoms with Gasteiger partial charge in [-0.1, -0.05) is 25.6 Å². The normalized spacial score (nSPS) is 10.3. The molecule has 0 saturated carbocycles. The highest BCUT2D eigenvalue weighted by atomic mass is 32.1. The number of thiocarbonyl (C=S) groups is 1. The van der Waals surface area contributed by atoms with Gasteiger partial charge < -0.3 is 5.32 Å². The van der Waals surface area contributed by atoms with Crippen LogP contribution in [0.2, 0.25) is 0 Å². The van der Waals surface area contributed by atoms with Crippen LogP contribution in [-0.4, -0.2) is 21.4 Å². The van der Waals surface area contributed by atoms with Gasteiger partial charge in [0.2, 0.25) is 0 Å². The Hall–Kier alpha value is -2.59. The van der Waals surface area contributed by atoms with Gasteiger partial charge in [0.25, 0.3) is 5.69 Å². The van der Waals surface area contributed by atoms with Gasteiger partial charge in [0, 0.05) is 35.8 Å². The van der Waals surface area contributed by atoms with Gasteiger partial charge in [-0.15, -0.1) is 0 Å². The van der Waals surface area contributed by atoms with Crippen molar-refractivity contribution in [3.63, 3.8) is 0 Å². The lowest BCUT2D eigenvalue weighted by Gasteiger charge is -2.14. The number of hydrogen-bond donors (Lipinski definition) is 1. The molecule has 0 amide bonds. The molecule has 0 bridgehead atoms. The summed E-state index contributed by atoms with van der Waals surface area (Å²) in [5, 5.41) is 23.5. The van der Waals surface area contributed by atoms with Crippen molar-refractivity contribution in [1.82, 2.24) is 10.3 Å². The third-order valence-electron chi connectivity index (χ3n) is 3.69. The second-order valence-electron chi connectivity index (χ2n) is 5.38. The summed E-state index contributed by atoms with van der Waals surface area (Å²) in [5.74, 6) is 0. The molecule has 24 heavy (non-hydrogen) atoms. The number of fused-ring (bicyclic) bond motifs is 1. The monoisotopic (exact) mass is 342 g/mol. The maximum Gasteiger partial charge on any atom is 0.270 e. The molecule has 1 aromatic heterocycles. The Labute approximate surface area is 145 Å². The average Bonchev–Trinajstić information content (AvgIpc) is 2.58. The summed E-state index contributed by atoms with van der Waals surface area (Å²) in [7, 11) is 0. The first-order valence-electron chi connectivity index (χ1n) is 7.79. The third kappa shape index (κ3) is 4.03. The standard InChI is InChI=1S/C17H18N4O2S/c1-2-3-5-12-11-20-15-7-6-13(21(22)23)10-14(15)16(12)17(24)19-9-4-8-18/h6-7,10-11H,2-5,9H2,1H3,(H,19,24). The Morgan fingerprint density at radius 1 is 1.50 bits per heavy atom. The number of unbranched alkanes of at least 4 members (excludes halogenated alkanes) is 1. The molecule has 7 heteroatoms. The minimum atomic E-state index is -0.423. The van der Waals surface area contributed by atoms with Crippen LogP contribution in [0.4, 0.5) is 5.69 Å². The van der Waals surface area contributed by atoms with Gasteiger partial charge in [0.1, 0.15) is 4.99 Å². The molecule has 1 N–H and O–H groups in total. The van der Waals surface area contributed by atoms with Crippen molar-refractivity contribution in [2.45, 2.75) is 32.6 Å². The predicted molar refractivity (Wildman–Crippen MR) is 96.9 cm³/mol. The number of nitriles is 1. The fourth-order valence-corrected chi connectivity index (χ4v) is 2.82. The lowest BCUT2D eigenvalue weighted by atomic mass is 9.99. The number of nitrogens with one attached hydrogen (secondary N) is 1. The number of nitro groups is 1. The van der Waals surface area contributed by atoms with Gasteiger partial charge in [-0.05, 0) is 24.5 Å². The van der Waals surface area contributed by atoms with Gasteiger partial charge in [-0.3, -0.25) is 15.1 Å². The molecule has 0 aliphatic heterocycles. The quantitative estimate of drug-likeness (QED) is 0.357. The first-order valence-corrected chi connectivity index (χ1v) is 8.20. The molecule has 0 unspecified atom stereocenters. The number of aromatic nitrogens is 1. The van der Waals surface area contributed by atoms with Crippen molar-refractivity contribution in [2.24, 2.45) is 0 Å². The van der Waals surface area contributed by atoms with E-state index < -0.39 is 4.92 Å². The number of nitro benzene ring substituents is 1.